The minimum Gasteiger partial charge on any atom is -0.496 e. The molecule has 2 amide bonds. The first-order valence-corrected chi connectivity index (χ1v) is 11.0. The number of carbonyl (C=O) groups is 1. The van der Waals surface area contributed by atoms with Crippen LogP contribution in [0.15, 0.2) is 71.9 Å². The molecule has 0 atom stereocenters. The Hall–Kier alpha value is -3.10. The van der Waals surface area contributed by atoms with Gasteiger partial charge in [-0.25, -0.2) is 13.2 Å². The lowest BCUT2D eigenvalue weighted by Gasteiger charge is -2.11. The lowest BCUT2D eigenvalue weighted by Crippen LogP contribution is -2.28. The zero-order valence-electron chi connectivity index (χ0n) is 16.1. The van der Waals surface area contributed by atoms with Crippen LogP contribution in [0.25, 0.3) is 0 Å². The van der Waals surface area contributed by atoms with Crippen molar-refractivity contribution in [3.8, 4) is 5.75 Å². The van der Waals surface area contributed by atoms with Gasteiger partial charge in [-0.1, -0.05) is 17.7 Å². The van der Waals surface area contributed by atoms with Gasteiger partial charge in [0, 0.05) is 35.2 Å². The molecule has 9 heteroatoms. The number of rotatable bonds is 7. The summed E-state index contributed by atoms with van der Waals surface area (Å²) in [6.45, 7) is 0.327. The zero-order valence-corrected chi connectivity index (χ0v) is 17.7. The van der Waals surface area contributed by atoms with Crippen molar-refractivity contribution >= 4 is 33.2 Å². The highest BCUT2D eigenvalue weighted by molar-refractivity contribution is 7.90. The average Bonchev–Trinajstić information content (AvgIpc) is 2.73. The lowest BCUT2D eigenvalue weighted by molar-refractivity contribution is 0.251. The number of urea groups is 1. The summed E-state index contributed by atoms with van der Waals surface area (Å²) in [6.07, 6.45) is 3.32. The average molecular weight is 446 g/mol. The van der Waals surface area contributed by atoms with Crippen LogP contribution in [-0.2, 0) is 22.1 Å². The molecule has 0 bridgehead atoms. The van der Waals surface area contributed by atoms with Crippen molar-refractivity contribution in [2.45, 2.75) is 17.2 Å². The molecule has 0 aliphatic rings. The van der Waals surface area contributed by atoms with E-state index in [4.69, 9.17) is 16.3 Å². The number of halogens is 1. The van der Waals surface area contributed by atoms with Crippen LogP contribution in [0.1, 0.15) is 11.1 Å². The quantitative estimate of drug-likeness (QED) is 0.572. The van der Waals surface area contributed by atoms with E-state index in [9.17, 15) is 13.2 Å². The van der Waals surface area contributed by atoms with E-state index in [1.807, 2.05) is 6.07 Å². The number of aromatic nitrogens is 1. The van der Waals surface area contributed by atoms with Crippen molar-refractivity contribution in [3.05, 3.63) is 83.1 Å². The molecule has 30 heavy (non-hydrogen) atoms. The number of carbonyl (C=O) groups excluding carboxylic acids is 1. The summed E-state index contributed by atoms with van der Waals surface area (Å²) in [5.41, 5.74) is 1.81. The number of anilines is 1. The topological polar surface area (TPSA) is 97.4 Å². The van der Waals surface area contributed by atoms with Crippen LogP contribution < -0.4 is 15.4 Å². The first-order chi connectivity index (χ1) is 14.4. The molecule has 1 aromatic heterocycles. The van der Waals surface area contributed by atoms with Crippen LogP contribution in [0.4, 0.5) is 10.5 Å². The Labute approximate surface area is 180 Å². The van der Waals surface area contributed by atoms with E-state index < -0.39 is 15.9 Å². The SMILES string of the molecule is COc1ccc(Cl)cc1CS(=O)(=O)c1ccc(NC(=O)NCc2cccnc2)cc1. The number of amides is 2. The molecule has 0 saturated heterocycles. The summed E-state index contributed by atoms with van der Waals surface area (Å²) in [5, 5.41) is 5.80. The third kappa shape index (κ3) is 5.71. The number of hydrogen-bond acceptors (Lipinski definition) is 5. The molecule has 2 N–H and O–H groups in total. The molecule has 0 fully saturated rings. The smallest absolute Gasteiger partial charge is 0.319 e. The van der Waals surface area contributed by atoms with Crippen molar-refractivity contribution in [1.82, 2.24) is 10.3 Å². The van der Waals surface area contributed by atoms with Crippen LogP contribution >= 0.6 is 11.6 Å². The van der Waals surface area contributed by atoms with E-state index in [0.717, 1.165) is 5.56 Å². The van der Waals surface area contributed by atoms with Crippen molar-refractivity contribution in [3.63, 3.8) is 0 Å². The maximum absolute atomic E-state index is 12.8. The second kappa shape index (κ2) is 9.60. The highest BCUT2D eigenvalue weighted by Crippen LogP contribution is 2.27. The Morgan fingerprint density at radius 2 is 1.90 bits per heavy atom. The summed E-state index contributed by atoms with van der Waals surface area (Å²) in [4.78, 5) is 16.1. The molecule has 156 valence electrons. The van der Waals surface area contributed by atoms with E-state index >= 15 is 0 Å². The summed E-state index contributed by atoms with van der Waals surface area (Å²) in [7, 11) is -2.16. The minimum atomic E-state index is -3.63. The van der Waals surface area contributed by atoms with Gasteiger partial charge in [-0.2, -0.15) is 0 Å². The van der Waals surface area contributed by atoms with Gasteiger partial charge in [0.05, 0.1) is 17.8 Å². The third-order valence-electron chi connectivity index (χ3n) is 4.24. The molecular weight excluding hydrogens is 426 g/mol. The molecule has 0 radical (unpaired) electrons. The highest BCUT2D eigenvalue weighted by atomic mass is 35.5. The Balaban J connectivity index is 1.64. The fraction of sp³-hybridized carbons (Fsp3) is 0.143. The maximum atomic E-state index is 12.8. The number of sulfone groups is 1. The van der Waals surface area contributed by atoms with Gasteiger partial charge in [0.1, 0.15) is 5.75 Å². The van der Waals surface area contributed by atoms with Gasteiger partial charge < -0.3 is 15.4 Å². The number of nitrogens with one attached hydrogen (secondary N) is 2. The zero-order chi connectivity index (χ0) is 21.6. The molecule has 7 nitrogen and oxygen atoms in total. The predicted octanol–water partition coefficient (Wildman–Crippen LogP) is 4.04. The van der Waals surface area contributed by atoms with E-state index in [2.05, 4.69) is 15.6 Å². The molecular formula is C21H20ClN3O4S. The number of pyridine rings is 1. The van der Waals surface area contributed by atoms with E-state index in [-0.39, 0.29) is 10.6 Å². The molecule has 0 saturated carbocycles. The standard InChI is InChI=1S/C21H20ClN3O4S/c1-29-20-9-4-17(22)11-16(20)14-30(27,28)19-7-5-18(6-8-19)25-21(26)24-13-15-3-2-10-23-12-15/h2-12H,13-14H2,1H3,(H2,24,25,26). The van der Waals surface area contributed by atoms with Gasteiger partial charge in [0.2, 0.25) is 0 Å². The normalized spacial score (nSPS) is 11.0. The second-order valence-corrected chi connectivity index (χ2v) is 8.83. The van der Waals surface area contributed by atoms with Crippen LogP contribution in [-0.4, -0.2) is 26.5 Å². The molecule has 1 heterocycles. The van der Waals surface area contributed by atoms with E-state index in [1.54, 1.807) is 36.7 Å². The number of nitrogens with zero attached hydrogens (tertiary/aromatic N) is 1. The summed E-state index contributed by atoms with van der Waals surface area (Å²) < 4.78 is 30.8. The van der Waals surface area contributed by atoms with Gasteiger partial charge in [-0.05, 0) is 54.1 Å². The Bertz CT molecular complexity index is 1120. The van der Waals surface area contributed by atoms with Crippen molar-refractivity contribution in [2.75, 3.05) is 12.4 Å². The first kappa shape index (κ1) is 21.6. The van der Waals surface area contributed by atoms with Gasteiger partial charge in [0.15, 0.2) is 9.84 Å². The summed E-state index contributed by atoms with van der Waals surface area (Å²) in [5.74, 6) is 0.196. The molecule has 0 aliphatic heterocycles. The van der Waals surface area contributed by atoms with E-state index in [1.165, 1.54) is 31.4 Å². The van der Waals surface area contributed by atoms with Crippen LogP contribution in [0.3, 0.4) is 0 Å². The van der Waals surface area contributed by atoms with Gasteiger partial charge in [-0.3, -0.25) is 4.98 Å². The molecule has 3 aromatic rings. The fourth-order valence-corrected chi connectivity index (χ4v) is 4.30. The Morgan fingerprint density at radius 1 is 1.13 bits per heavy atom. The highest BCUT2D eigenvalue weighted by Gasteiger charge is 2.18. The van der Waals surface area contributed by atoms with Crippen molar-refractivity contribution in [2.24, 2.45) is 0 Å². The predicted molar refractivity (Wildman–Crippen MR) is 115 cm³/mol. The van der Waals surface area contributed by atoms with Crippen LogP contribution in [0, 0.1) is 0 Å². The van der Waals surface area contributed by atoms with Crippen LogP contribution in [0.5, 0.6) is 5.75 Å². The van der Waals surface area contributed by atoms with Gasteiger partial charge in [0.25, 0.3) is 0 Å². The number of hydrogen-bond donors (Lipinski definition) is 2. The van der Waals surface area contributed by atoms with Crippen LogP contribution in [0.2, 0.25) is 5.02 Å². The monoisotopic (exact) mass is 445 g/mol. The minimum absolute atomic E-state index is 0.130. The molecule has 0 spiro atoms. The maximum Gasteiger partial charge on any atom is 0.319 e. The summed E-state index contributed by atoms with van der Waals surface area (Å²) in [6, 6.07) is 14.0. The Kier molecular flexibility index (Phi) is 6.91. The first-order valence-electron chi connectivity index (χ1n) is 8.96. The molecule has 0 unspecified atom stereocenters. The third-order valence-corrected chi connectivity index (χ3v) is 6.15. The number of benzene rings is 2. The molecule has 2 aromatic carbocycles. The number of methoxy groups -OCH3 is 1. The fourth-order valence-electron chi connectivity index (χ4n) is 2.75. The largest absolute Gasteiger partial charge is 0.496 e. The van der Waals surface area contributed by atoms with Gasteiger partial charge in [-0.15, -0.1) is 0 Å². The van der Waals surface area contributed by atoms with Crippen molar-refractivity contribution in [1.29, 1.82) is 0 Å². The molecule has 3 rings (SSSR count). The van der Waals surface area contributed by atoms with Gasteiger partial charge >= 0.3 is 6.03 Å². The second-order valence-electron chi connectivity index (χ2n) is 6.41. The lowest BCUT2D eigenvalue weighted by atomic mass is 10.2. The Morgan fingerprint density at radius 3 is 2.57 bits per heavy atom. The van der Waals surface area contributed by atoms with Crippen molar-refractivity contribution < 1.29 is 17.9 Å². The summed E-state index contributed by atoms with van der Waals surface area (Å²) >= 11 is 5.98. The van der Waals surface area contributed by atoms with E-state index in [0.29, 0.717) is 28.6 Å². The molecule has 0 aliphatic carbocycles. The number of ether oxygens (including phenoxy) is 1.